The molecule has 1 aromatic heterocycles. The van der Waals surface area contributed by atoms with Gasteiger partial charge in [0.2, 0.25) is 0 Å². The summed E-state index contributed by atoms with van der Waals surface area (Å²) in [5.74, 6) is 0.201. The van der Waals surface area contributed by atoms with Crippen molar-refractivity contribution in [2.24, 2.45) is 0 Å². The Bertz CT molecular complexity index is 1160. The fraction of sp³-hybridized carbons (Fsp3) is 0.423. The molecule has 0 radical (unpaired) electrons. The number of carbonyl (C=O) groups is 1. The van der Waals surface area contributed by atoms with E-state index in [1.807, 2.05) is 32.9 Å². The number of aryl methyl sites for hydroxylation is 4. The molecule has 1 aliphatic rings. The number of piperazine rings is 1. The summed E-state index contributed by atoms with van der Waals surface area (Å²) in [6.07, 6.45) is -0.214. The summed E-state index contributed by atoms with van der Waals surface area (Å²) in [6.45, 7) is 15.3. The first-order valence-corrected chi connectivity index (χ1v) is 11.3. The van der Waals surface area contributed by atoms with E-state index in [2.05, 4.69) is 48.8 Å². The third kappa shape index (κ3) is 4.40. The number of benzene rings is 2. The van der Waals surface area contributed by atoms with Crippen LogP contribution in [0.15, 0.2) is 30.3 Å². The molecule has 4 rings (SSSR count). The molecule has 2 aromatic carbocycles. The van der Waals surface area contributed by atoms with Crippen LogP contribution in [0.4, 0.5) is 11.5 Å². The number of rotatable bonds is 4. The van der Waals surface area contributed by atoms with E-state index < -0.39 is 5.97 Å². The van der Waals surface area contributed by atoms with Gasteiger partial charge in [0.25, 0.3) is 0 Å². The van der Waals surface area contributed by atoms with E-state index in [1.165, 1.54) is 16.8 Å². The molecule has 0 bridgehead atoms. The van der Waals surface area contributed by atoms with Gasteiger partial charge in [0.1, 0.15) is 0 Å². The number of hydrogen-bond acceptors (Lipinski definition) is 6. The lowest BCUT2D eigenvalue weighted by Crippen LogP contribution is -2.47. The van der Waals surface area contributed by atoms with Crippen LogP contribution in [0.25, 0.3) is 11.0 Å². The Balaban J connectivity index is 1.67. The molecule has 1 saturated heterocycles. The first-order valence-electron chi connectivity index (χ1n) is 11.3. The number of fused-ring (bicyclic) bond motifs is 1. The summed E-state index contributed by atoms with van der Waals surface area (Å²) in [5.41, 5.74) is 7.94. The Kier molecular flexibility index (Phi) is 6.04. The number of aromatic nitrogens is 2. The lowest BCUT2D eigenvalue weighted by molar-refractivity contribution is 0.0371. The average Bonchev–Trinajstić information content (AvgIpc) is 2.75. The van der Waals surface area contributed by atoms with Crippen molar-refractivity contribution < 1.29 is 9.53 Å². The zero-order valence-electron chi connectivity index (χ0n) is 19.9. The van der Waals surface area contributed by atoms with Gasteiger partial charge in [-0.2, -0.15) is 0 Å². The summed E-state index contributed by atoms with van der Waals surface area (Å²) < 4.78 is 5.51. The van der Waals surface area contributed by atoms with Crippen molar-refractivity contribution >= 4 is 28.5 Å². The van der Waals surface area contributed by atoms with Gasteiger partial charge in [-0.1, -0.05) is 12.1 Å². The van der Waals surface area contributed by atoms with Crippen LogP contribution in [0.3, 0.4) is 0 Å². The Morgan fingerprint density at radius 3 is 2.06 bits per heavy atom. The second-order valence-corrected chi connectivity index (χ2v) is 9.04. The Morgan fingerprint density at radius 1 is 0.844 bits per heavy atom. The second-order valence-electron chi connectivity index (χ2n) is 9.04. The van der Waals surface area contributed by atoms with E-state index in [0.717, 1.165) is 48.3 Å². The third-order valence-electron chi connectivity index (χ3n) is 6.08. The normalized spacial score (nSPS) is 14.3. The maximum Gasteiger partial charge on any atom is 0.361 e. The minimum absolute atomic E-state index is 0.214. The number of esters is 1. The minimum atomic E-state index is -0.417. The molecule has 1 aliphatic heterocycles. The van der Waals surface area contributed by atoms with Crippen LogP contribution >= 0.6 is 0 Å². The molecule has 6 nitrogen and oxygen atoms in total. The zero-order chi connectivity index (χ0) is 23.0. The van der Waals surface area contributed by atoms with Crippen LogP contribution in [-0.2, 0) is 4.74 Å². The van der Waals surface area contributed by atoms with E-state index in [4.69, 9.17) is 14.7 Å². The van der Waals surface area contributed by atoms with Crippen molar-refractivity contribution in [1.29, 1.82) is 0 Å². The second kappa shape index (κ2) is 8.77. The largest absolute Gasteiger partial charge is 0.458 e. The highest BCUT2D eigenvalue weighted by atomic mass is 16.5. The van der Waals surface area contributed by atoms with Crippen molar-refractivity contribution in [2.45, 2.75) is 47.6 Å². The maximum absolute atomic E-state index is 12.9. The van der Waals surface area contributed by atoms with Gasteiger partial charge in [0.05, 0.1) is 17.1 Å². The van der Waals surface area contributed by atoms with Gasteiger partial charge in [-0.05, 0) is 82.0 Å². The van der Waals surface area contributed by atoms with Gasteiger partial charge in [-0.25, -0.2) is 14.8 Å². The monoisotopic (exact) mass is 432 g/mol. The van der Waals surface area contributed by atoms with Crippen molar-refractivity contribution in [2.75, 3.05) is 36.0 Å². The molecule has 0 unspecified atom stereocenters. The van der Waals surface area contributed by atoms with E-state index in [9.17, 15) is 4.79 Å². The highest BCUT2D eigenvalue weighted by molar-refractivity contribution is 5.95. The van der Waals surface area contributed by atoms with Crippen molar-refractivity contribution in [3.8, 4) is 0 Å². The molecule has 6 heteroatoms. The summed E-state index contributed by atoms with van der Waals surface area (Å²) in [6, 6.07) is 10.6. The average molecular weight is 433 g/mol. The van der Waals surface area contributed by atoms with Gasteiger partial charge in [-0.15, -0.1) is 0 Å². The number of nitrogens with zero attached hydrogens (tertiary/aromatic N) is 4. The van der Waals surface area contributed by atoms with Gasteiger partial charge in [0.15, 0.2) is 11.5 Å². The van der Waals surface area contributed by atoms with Crippen molar-refractivity contribution in [1.82, 2.24) is 9.97 Å². The predicted molar refractivity (Wildman–Crippen MR) is 130 cm³/mol. The van der Waals surface area contributed by atoms with E-state index >= 15 is 0 Å². The Morgan fingerprint density at radius 2 is 1.44 bits per heavy atom. The smallest absolute Gasteiger partial charge is 0.361 e. The minimum Gasteiger partial charge on any atom is -0.458 e. The van der Waals surface area contributed by atoms with Crippen LogP contribution in [0.2, 0.25) is 0 Å². The number of ether oxygens (including phenoxy) is 1. The summed E-state index contributed by atoms with van der Waals surface area (Å²) >= 11 is 0. The van der Waals surface area contributed by atoms with Crippen LogP contribution in [0, 0.1) is 27.7 Å². The number of hydrogen-bond donors (Lipinski definition) is 0. The SMILES string of the molecule is Cc1ccc(C)c(N2CCN(c3nc4cc(C)c(C)cc4nc3C(=O)OC(C)C)CC2)c1. The fourth-order valence-electron chi connectivity index (χ4n) is 4.15. The first-order chi connectivity index (χ1) is 15.2. The topological polar surface area (TPSA) is 58.6 Å². The van der Waals surface area contributed by atoms with E-state index in [0.29, 0.717) is 11.5 Å². The standard InChI is InChI=1S/C26H32N4O2/c1-16(2)32-26(31)24-25(28-22-15-20(6)19(5)14-21(22)27-24)30-11-9-29(10-12-30)23-13-17(3)7-8-18(23)4/h7-8,13-16H,9-12H2,1-6H3. The predicted octanol–water partition coefficient (Wildman–Crippen LogP) is 4.76. The lowest BCUT2D eigenvalue weighted by atomic mass is 10.1. The molecule has 0 aliphatic carbocycles. The van der Waals surface area contributed by atoms with Crippen LogP contribution in [0.1, 0.15) is 46.6 Å². The molecule has 3 aromatic rings. The quantitative estimate of drug-likeness (QED) is 0.554. The third-order valence-corrected chi connectivity index (χ3v) is 6.08. The molecule has 0 spiro atoms. The van der Waals surface area contributed by atoms with Gasteiger partial charge in [0, 0.05) is 31.9 Å². The molecular weight excluding hydrogens is 400 g/mol. The highest BCUT2D eigenvalue weighted by Crippen LogP contribution is 2.27. The van der Waals surface area contributed by atoms with Crippen molar-refractivity contribution in [3.05, 3.63) is 58.3 Å². The Labute approximate surface area is 190 Å². The molecule has 0 saturated carbocycles. The summed E-state index contributed by atoms with van der Waals surface area (Å²) in [4.78, 5) is 27.1. The molecule has 0 N–H and O–H groups in total. The first kappa shape index (κ1) is 22.1. The van der Waals surface area contributed by atoms with Crippen LogP contribution < -0.4 is 9.80 Å². The highest BCUT2D eigenvalue weighted by Gasteiger charge is 2.27. The number of anilines is 2. The van der Waals surface area contributed by atoms with Crippen LogP contribution in [0.5, 0.6) is 0 Å². The molecule has 168 valence electrons. The molecule has 1 fully saturated rings. The molecule has 32 heavy (non-hydrogen) atoms. The van der Waals surface area contributed by atoms with Crippen molar-refractivity contribution in [3.63, 3.8) is 0 Å². The van der Waals surface area contributed by atoms with E-state index in [-0.39, 0.29) is 6.10 Å². The van der Waals surface area contributed by atoms with Crippen LogP contribution in [-0.4, -0.2) is 48.2 Å². The fourth-order valence-corrected chi connectivity index (χ4v) is 4.15. The van der Waals surface area contributed by atoms with Gasteiger partial charge < -0.3 is 14.5 Å². The molecular formula is C26H32N4O2. The Hall–Kier alpha value is -3.15. The lowest BCUT2D eigenvalue weighted by Gasteiger charge is -2.38. The van der Waals surface area contributed by atoms with Gasteiger partial charge >= 0.3 is 5.97 Å². The number of carbonyl (C=O) groups excluding carboxylic acids is 1. The summed E-state index contributed by atoms with van der Waals surface area (Å²) in [7, 11) is 0. The molecule has 2 heterocycles. The zero-order valence-corrected chi connectivity index (χ0v) is 19.9. The maximum atomic E-state index is 12.9. The van der Waals surface area contributed by atoms with E-state index in [1.54, 1.807) is 0 Å². The molecule has 0 atom stereocenters. The van der Waals surface area contributed by atoms with Gasteiger partial charge in [-0.3, -0.25) is 0 Å². The summed E-state index contributed by atoms with van der Waals surface area (Å²) in [5, 5.41) is 0. The molecule has 0 amide bonds.